The summed E-state index contributed by atoms with van der Waals surface area (Å²) in [5.74, 6) is 2.70. The molecule has 0 radical (unpaired) electrons. The van der Waals surface area contributed by atoms with E-state index in [9.17, 15) is 4.79 Å². The third kappa shape index (κ3) is 6.64. The zero-order chi connectivity index (χ0) is 32.7. The molecule has 1 aromatic heterocycles. The molecule has 0 spiro atoms. The number of H-pyrrole nitrogens is 1. The number of aliphatic imine (C=N–C) groups is 1. The van der Waals surface area contributed by atoms with Crippen molar-refractivity contribution < 1.29 is 9.53 Å². The van der Waals surface area contributed by atoms with Crippen molar-refractivity contribution in [3.63, 3.8) is 0 Å². The lowest BCUT2D eigenvalue weighted by atomic mass is 9.53. The van der Waals surface area contributed by atoms with E-state index in [1.54, 1.807) is 0 Å². The first kappa shape index (κ1) is 32.1. The van der Waals surface area contributed by atoms with Crippen LogP contribution in [-0.2, 0) is 16.0 Å². The van der Waals surface area contributed by atoms with Crippen LogP contribution in [0.5, 0.6) is 0 Å². The molecule has 3 aromatic rings. The number of hydrogen-bond acceptors (Lipinski definition) is 4. The highest BCUT2D eigenvalue weighted by Crippen LogP contribution is 2.56. The van der Waals surface area contributed by atoms with Crippen LogP contribution in [0.3, 0.4) is 0 Å². The Kier molecular flexibility index (Phi) is 9.01. The third-order valence-corrected chi connectivity index (χ3v) is 11.2. The standard InChI is InChI=1S/C40H55N5O2/c1-6-7-10-32-20-34-33-11-8-9-12-35(33)43-37(34)38(45(32)36(46)24-47-39(41-25(2)3)42-26(4)5)30-13-15-31(16-14-30)44-40-21-27-17-28(22-40)19-29(18-27)23-40/h8-9,11-16,25-29,32,38,43-44H,6-7,10,17-24H2,1-5H3,(H,41,42). The number of amides is 1. The van der Waals surface area contributed by atoms with E-state index in [0.29, 0.717) is 6.02 Å². The summed E-state index contributed by atoms with van der Waals surface area (Å²) in [4.78, 5) is 25.0. The van der Waals surface area contributed by atoms with Gasteiger partial charge >= 0.3 is 0 Å². The van der Waals surface area contributed by atoms with Crippen LogP contribution < -0.4 is 10.6 Å². The second kappa shape index (κ2) is 13.2. The van der Waals surface area contributed by atoms with Crippen LogP contribution in [0, 0.1) is 17.8 Å². The number of unbranched alkanes of at least 4 members (excludes halogenated alkanes) is 1. The van der Waals surface area contributed by atoms with E-state index in [-0.39, 0.29) is 42.2 Å². The lowest BCUT2D eigenvalue weighted by Crippen LogP contribution is -2.54. The summed E-state index contributed by atoms with van der Waals surface area (Å²) < 4.78 is 6.14. The average molecular weight is 638 g/mol. The van der Waals surface area contributed by atoms with Gasteiger partial charge in [0.15, 0.2) is 6.61 Å². The topological polar surface area (TPSA) is 81.8 Å². The molecule has 47 heavy (non-hydrogen) atoms. The molecule has 4 bridgehead atoms. The van der Waals surface area contributed by atoms with Gasteiger partial charge in [-0.1, -0.05) is 50.1 Å². The Balaban J connectivity index is 1.21. The van der Waals surface area contributed by atoms with E-state index >= 15 is 0 Å². The summed E-state index contributed by atoms with van der Waals surface area (Å²) in [6.45, 7) is 10.3. The highest BCUT2D eigenvalue weighted by molar-refractivity contribution is 5.88. The first-order valence-electron chi connectivity index (χ1n) is 18.5. The molecular formula is C40H55N5O2. The maximum Gasteiger partial charge on any atom is 0.285 e. The van der Waals surface area contributed by atoms with Gasteiger partial charge in [0.25, 0.3) is 11.9 Å². The van der Waals surface area contributed by atoms with Crippen molar-refractivity contribution in [1.29, 1.82) is 0 Å². The second-order valence-electron chi connectivity index (χ2n) is 15.8. The molecule has 5 aliphatic rings. The Hall–Kier alpha value is -3.48. The average Bonchev–Trinajstić information content (AvgIpc) is 3.39. The van der Waals surface area contributed by atoms with E-state index in [0.717, 1.165) is 60.2 Å². The van der Waals surface area contributed by atoms with Crippen LogP contribution in [-0.4, -0.2) is 52.1 Å². The summed E-state index contributed by atoms with van der Waals surface area (Å²) >= 11 is 0. The molecule has 3 N–H and O–H groups in total. The molecule has 4 aliphatic carbocycles. The molecule has 2 atom stereocenters. The van der Waals surface area contributed by atoms with Gasteiger partial charge in [-0.3, -0.25) is 4.79 Å². The van der Waals surface area contributed by atoms with Crippen molar-refractivity contribution in [1.82, 2.24) is 15.2 Å². The van der Waals surface area contributed by atoms with Gasteiger partial charge < -0.3 is 25.3 Å². The highest BCUT2D eigenvalue weighted by atomic mass is 16.5. The van der Waals surface area contributed by atoms with Crippen LogP contribution in [0.4, 0.5) is 5.69 Å². The van der Waals surface area contributed by atoms with E-state index < -0.39 is 0 Å². The number of rotatable bonds is 10. The minimum Gasteiger partial charge on any atom is -0.455 e. The Morgan fingerprint density at radius 2 is 1.68 bits per heavy atom. The monoisotopic (exact) mass is 637 g/mol. The van der Waals surface area contributed by atoms with Crippen LogP contribution in [0.25, 0.3) is 10.9 Å². The zero-order valence-electron chi connectivity index (χ0n) is 29.1. The summed E-state index contributed by atoms with van der Waals surface area (Å²) in [7, 11) is 0. The van der Waals surface area contributed by atoms with Crippen molar-refractivity contribution in [3.05, 3.63) is 65.4 Å². The highest BCUT2D eigenvalue weighted by Gasteiger charge is 2.51. The fraction of sp³-hybridized carbons (Fsp3) is 0.600. The number of amidine groups is 1. The molecule has 1 aliphatic heterocycles. The van der Waals surface area contributed by atoms with E-state index in [1.807, 2.05) is 13.8 Å². The van der Waals surface area contributed by atoms with Crippen molar-refractivity contribution >= 4 is 28.5 Å². The number of carbonyl (C=O) groups is 1. The molecule has 4 fully saturated rings. The first-order valence-corrected chi connectivity index (χ1v) is 18.5. The van der Waals surface area contributed by atoms with Crippen LogP contribution in [0.15, 0.2) is 53.5 Å². The molecule has 8 rings (SSSR count). The van der Waals surface area contributed by atoms with Crippen molar-refractivity contribution in [2.24, 2.45) is 22.7 Å². The third-order valence-electron chi connectivity index (χ3n) is 11.2. The van der Waals surface area contributed by atoms with E-state index in [1.165, 1.54) is 55.2 Å². The van der Waals surface area contributed by atoms with Gasteiger partial charge in [0.05, 0.1) is 6.04 Å². The number of aromatic nitrogens is 1. The van der Waals surface area contributed by atoms with E-state index in [2.05, 4.69) is 94.8 Å². The van der Waals surface area contributed by atoms with Gasteiger partial charge in [-0.25, -0.2) is 4.99 Å². The molecular weight excluding hydrogens is 582 g/mol. The van der Waals surface area contributed by atoms with Crippen LogP contribution in [0.1, 0.15) is 115 Å². The largest absolute Gasteiger partial charge is 0.455 e. The smallest absolute Gasteiger partial charge is 0.285 e. The minimum absolute atomic E-state index is 0.00168. The quantitative estimate of drug-likeness (QED) is 0.154. The predicted octanol–water partition coefficient (Wildman–Crippen LogP) is 8.36. The van der Waals surface area contributed by atoms with Crippen molar-refractivity contribution in [2.45, 2.75) is 129 Å². The number of para-hydroxylation sites is 1. The summed E-state index contributed by atoms with van der Waals surface area (Å²) in [6, 6.07) is 18.2. The number of aromatic amines is 1. The molecule has 0 saturated heterocycles. The van der Waals surface area contributed by atoms with Gasteiger partial charge in [0, 0.05) is 45.9 Å². The van der Waals surface area contributed by atoms with Gasteiger partial charge in [-0.2, -0.15) is 0 Å². The number of carbonyl (C=O) groups excluding carboxylic acids is 1. The van der Waals surface area contributed by atoms with Gasteiger partial charge in [-0.15, -0.1) is 0 Å². The first-order chi connectivity index (χ1) is 22.7. The van der Waals surface area contributed by atoms with Gasteiger partial charge in [0.2, 0.25) is 0 Å². The molecule has 4 saturated carbocycles. The normalized spacial score (nSPS) is 28.3. The van der Waals surface area contributed by atoms with Crippen molar-refractivity contribution in [3.8, 4) is 0 Å². The number of benzene rings is 2. The SMILES string of the molecule is CCCCC1Cc2c([nH]c3ccccc23)C(c2ccc(NC34CC5CC(CC(C5)C3)C4)cc2)N1C(=O)COC(=NC(C)C)NC(C)C. The Morgan fingerprint density at radius 3 is 2.32 bits per heavy atom. The molecule has 7 nitrogen and oxygen atoms in total. The molecule has 7 heteroatoms. The number of nitrogens with zero attached hydrogens (tertiary/aromatic N) is 2. The number of hydrogen-bond donors (Lipinski definition) is 3. The summed E-state index contributed by atoms with van der Waals surface area (Å²) in [5, 5.41) is 8.63. The maximum atomic E-state index is 14.4. The fourth-order valence-electron chi connectivity index (χ4n) is 9.83. The molecule has 2 heterocycles. The lowest BCUT2D eigenvalue weighted by molar-refractivity contribution is -0.139. The van der Waals surface area contributed by atoms with Gasteiger partial charge in [0.1, 0.15) is 0 Å². The molecule has 2 aromatic carbocycles. The Morgan fingerprint density at radius 1 is 1.00 bits per heavy atom. The number of anilines is 1. The number of ether oxygens (including phenoxy) is 1. The maximum absolute atomic E-state index is 14.4. The van der Waals surface area contributed by atoms with Gasteiger partial charge in [-0.05, 0) is 126 Å². The van der Waals surface area contributed by atoms with Crippen LogP contribution in [0.2, 0.25) is 0 Å². The predicted molar refractivity (Wildman–Crippen MR) is 192 cm³/mol. The zero-order valence-corrected chi connectivity index (χ0v) is 29.1. The summed E-state index contributed by atoms with van der Waals surface area (Å²) in [5.41, 5.74) is 6.22. The molecule has 1 amide bonds. The lowest BCUT2D eigenvalue weighted by Gasteiger charge is -2.57. The van der Waals surface area contributed by atoms with E-state index in [4.69, 9.17) is 4.74 Å². The summed E-state index contributed by atoms with van der Waals surface area (Å²) in [6.07, 6.45) is 12.2. The molecule has 2 unspecified atom stereocenters. The molecule has 252 valence electrons. The van der Waals surface area contributed by atoms with Crippen LogP contribution >= 0.6 is 0 Å². The Labute approximate surface area is 281 Å². The van der Waals surface area contributed by atoms with Crippen molar-refractivity contribution in [2.75, 3.05) is 11.9 Å². The number of fused-ring (bicyclic) bond motifs is 3. The second-order valence-corrected chi connectivity index (χ2v) is 15.8. The Bertz CT molecular complexity index is 1550. The minimum atomic E-state index is -0.221. The number of nitrogens with one attached hydrogen (secondary N) is 3. The fourth-order valence-corrected chi connectivity index (χ4v) is 9.83.